The fourth-order valence-corrected chi connectivity index (χ4v) is 2.72. The molecule has 0 bridgehead atoms. The van der Waals surface area contributed by atoms with Gasteiger partial charge >= 0.3 is 6.18 Å². The van der Waals surface area contributed by atoms with Crippen molar-refractivity contribution in [1.82, 2.24) is 5.32 Å². The van der Waals surface area contributed by atoms with E-state index in [-0.39, 0.29) is 16.8 Å². The molecule has 1 aromatic rings. The van der Waals surface area contributed by atoms with Crippen LogP contribution < -0.4 is 5.32 Å². The maximum absolute atomic E-state index is 13.2. The minimum absolute atomic E-state index is 0.0370. The van der Waals surface area contributed by atoms with E-state index in [0.29, 0.717) is 0 Å². The van der Waals surface area contributed by atoms with E-state index in [2.05, 4.69) is 5.32 Å². The molecule has 1 N–H and O–H groups in total. The van der Waals surface area contributed by atoms with Crippen LogP contribution in [0.1, 0.15) is 31.0 Å². The van der Waals surface area contributed by atoms with Crippen LogP contribution in [0.2, 0.25) is 0 Å². The van der Waals surface area contributed by atoms with E-state index >= 15 is 0 Å². The second-order valence-electron chi connectivity index (χ2n) is 5.16. The third-order valence-corrected chi connectivity index (χ3v) is 3.69. The largest absolute Gasteiger partial charge is 0.416 e. The molecule has 24 heavy (non-hydrogen) atoms. The lowest BCUT2D eigenvalue weighted by molar-refractivity contribution is -0.444. The molecule has 0 fully saturated rings. The Hall–Kier alpha value is -2.91. The first-order valence-electron chi connectivity index (χ1n) is 6.69. The molecule has 1 aliphatic heterocycles. The van der Waals surface area contributed by atoms with Crippen LogP contribution in [-0.2, 0) is 6.18 Å². The summed E-state index contributed by atoms with van der Waals surface area (Å²) in [5.74, 6) is 0. The van der Waals surface area contributed by atoms with Gasteiger partial charge in [-0.05, 0) is 25.5 Å². The molecule has 0 radical (unpaired) electrons. The van der Waals surface area contributed by atoms with Gasteiger partial charge in [0.05, 0.1) is 21.1 Å². The second kappa shape index (κ2) is 5.95. The Morgan fingerprint density at radius 3 is 2.17 bits per heavy atom. The molecule has 2 rings (SSSR count). The van der Waals surface area contributed by atoms with Crippen LogP contribution in [0.25, 0.3) is 0 Å². The molecule has 1 atom stereocenters. The molecule has 1 aromatic carbocycles. The number of allylic oxidation sites excluding steroid dienone is 2. The van der Waals surface area contributed by atoms with Gasteiger partial charge in [0.25, 0.3) is 11.4 Å². The Labute approximate surface area is 133 Å². The Bertz CT molecular complexity index is 784. The topological polar surface area (TPSA) is 98.3 Å². The molecular weight excluding hydrogens is 331 g/mol. The van der Waals surface area contributed by atoms with E-state index in [9.17, 15) is 33.4 Å². The molecule has 0 saturated carbocycles. The summed E-state index contributed by atoms with van der Waals surface area (Å²) < 4.78 is 39.6. The van der Waals surface area contributed by atoms with Gasteiger partial charge in [-0.2, -0.15) is 13.2 Å². The van der Waals surface area contributed by atoms with Crippen LogP contribution >= 0.6 is 0 Å². The maximum Gasteiger partial charge on any atom is 0.416 e. The molecule has 0 saturated heterocycles. The van der Waals surface area contributed by atoms with Gasteiger partial charge in [-0.3, -0.25) is 20.2 Å². The van der Waals surface area contributed by atoms with Crippen LogP contribution in [0.5, 0.6) is 0 Å². The molecule has 128 valence electrons. The molecule has 1 aliphatic rings. The normalized spacial score (nSPS) is 18.5. The van der Waals surface area contributed by atoms with Crippen molar-refractivity contribution in [2.45, 2.75) is 26.1 Å². The third kappa shape index (κ3) is 2.94. The summed E-state index contributed by atoms with van der Waals surface area (Å²) in [6.07, 6.45) is -4.71. The SMILES string of the molecule is CC1=C([N+](=O)[O-])C(C)=C([N+](=O)[O-])C(c2ccccc2C(F)(F)F)N1. The standard InChI is InChI=1S/C14H12F3N3O4/c1-7-12(19(21)22)8(2)18-11(13(7)20(23)24)9-5-3-4-6-10(9)14(15,16)17/h3-6,11,18H,1-2H3. The minimum atomic E-state index is -4.71. The van der Waals surface area contributed by atoms with E-state index in [4.69, 9.17) is 0 Å². The summed E-state index contributed by atoms with van der Waals surface area (Å²) in [5.41, 5.74) is -2.90. The van der Waals surface area contributed by atoms with Gasteiger partial charge in [-0.15, -0.1) is 0 Å². The quantitative estimate of drug-likeness (QED) is 0.670. The van der Waals surface area contributed by atoms with Crippen LogP contribution in [0.15, 0.2) is 46.9 Å². The average Bonchev–Trinajstić information content (AvgIpc) is 2.44. The third-order valence-electron chi connectivity index (χ3n) is 3.69. The van der Waals surface area contributed by atoms with E-state index in [0.717, 1.165) is 19.1 Å². The van der Waals surface area contributed by atoms with Crippen molar-refractivity contribution >= 4 is 0 Å². The summed E-state index contributed by atoms with van der Waals surface area (Å²) in [7, 11) is 0. The van der Waals surface area contributed by atoms with E-state index in [1.54, 1.807) is 0 Å². The summed E-state index contributed by atoms with van der Waals surface area (Å²) in [6.45, 7) is 2.45. The van der Waals surface area contributed by atoms with Crippen molar-refractivity contribution in [3.63, 3.8) is 0 Å². The number of nitro groups is 2. The lowest BCUT2D eigenvalue weighted by Crippen LogP contribution is -2.33. The van der Waals surface area contributed by atoms with Crippen molar-refractivity contribution in [2.75, 3.05) is 0 Å². The first-order chi connectivity index (χ1) is 11.1. The highest BCUT2D eigenvalue weighted by molar-refractivity contribution is 5.43. The Morgan fingerprint density at radius 1 is 1.08 bits per heavy atom. The highest BCUT2D eigenvalue weighted by Gasteiger charge is 2.43. The van der Waals surface area contributed by atoms with Gasteiger partial charge in [0.2, 0.25) is 0 Å². The Morgan fingerprint density at radius 2 is 1.67 bits per heavy atom. The molecule has 1 heterocycles. The molecule has 0 spiro atoms. The lowest BCUT2D eigenvalue weighted by atomic mass is 9.91. The molecule has 0 aliphatic carbocycles. The van der Waals surface area contributed by atoms with Crippen molar-refractivity contribution in [1.29, 1.82) is 0 Å². The Kier molecular flexibility index (Phi) is 4.32. The summed E-state index contributed by atoms with van der Waals surface area (Å²) in [4.78, 5) is 20.8. The number of rotatable bonds is 3. The van der Waals surface area contributed by atoms with Crippen molar-refractivity contribution in [3.8, 4) is 0 Å². The van der Waals surface area contributed by atoms with E-state index in [1.165, 1.54) is 19.1 Å². The number of hydrogen-bond donors (Lipinski definition) is 1. The summed E-state index contributed by atoms with van der Waals surface area (Å²) >= 11 is 0. The summed E-state index contributed by atoms with van der Waals surface area (Å²) in [5, 5.41) is 24.9. The second-order valence-corrected chi connectivity index (χ2v) is 5.16. The first kappa shape index (κ1) is 17.4. The number of nitrogens with zero attached hydrogens (tertiary/aromatic N) is 2. The van der Waals surface area contributed by atoms with Gasteiger partial charge in [-0.25, -0.2) is 0 Å². The molecular formula is C14H12F3N3O4. The highest BCUT2D eigenvalue weighted by atomic mass is 19.4. The van der Waals surface area contributed by atoms with Gasteiger partial charge in [0.15, 0.2) is 0 Å². The fraction of sp³-hybridized carbons (Fsp3) is 0.286. The maximum atomic E-state index is 13.2. The molecule has 1 unspecified atom stereocenters. The first-order valence-corrected chi connectivity index (χ1v) is 6.69. The van der Waals surface area contributed by atoms with Crippen LogP contribution in [0.4, 0.5) is 13.2 Å². The van der Waals surface area contributed by atoms with E-state index < -0.39 is 39.0 Å². The van der Waals surface area contributed by atoms with E-state index in [1.807, 2.05) is 0 Å². The van der Waals surface area contributed by atoms with Gasteiger partial charge in [0, 0.05) is 0 Å². The van der Waals surface area contributed by atoms with Crippen molar-refractivity contribution in [3.05, 3.63) is 78.3 Å². The number of hydrogen-bond acceptors (Lipinski definition) is 5. The zero-order valence-electron chi connectivity index (χ0n) is 12.5. The number of benzene rings is 1. The number of halogens is 3. The van der Waals surface area contributed by atoms with Crippen molar-refractivity contribution < 1.29 is 23.0 Å². The highest BCUT2D eigenvalue weighted by Crippen LogP contribution is 2.40. The lowest BCUT2D eigenvalue weighted by Gasteiger charge is -2.25. The number of nitrogens with one attached hydrogen (secondary N) is 1. The monoisotopic (exact) mass is 343 g/mol. The number of alkyl halides is 3. The zero-order chi connectivity index (χ0) is 18.2. The van der Waals surface area contributed by atoms with Crippen LogP contribution in [0, 0.1) is 20.2 Å². The van der Waals surface area contributed by atoms with Crippen LogP contribution in [0.3, 0.4) is 0 Å². The predicted molar refractivity (Wildman–Crippen MR) is 76.7 cm³/mol. The fourth-order valence-electron chi connectivity index (χ4n) is 2.72. The predicted octanol–water partition coefficient (Wildman–Crippen LogP) is 3.41. The van der Waals surface area contributed by atoms with Gasteiger partial charge < -0.3 is 5.32 Å². The van der Waals surface area contributed by atoms with Gasteiger partial charge in [-0.1, -0.05) is 18.2 Å². The molecule has 0 aromatic heterocycles. The minimum Gasteiger partial charge on any atom is -0.367 e. The Balaban J connectivity index is 2.70. The zero-order valence-corrected chi connectivity index (χ0v) is 12.5. The van der Waals surface area contributed by atoms with Crippen molar-refractivity contribution in [2.24, 2.45) is 0 Å². The average molecular weight is 343 g/mol. The molecule has 0 amide bonds. The smallest absolute Gasteiger partial charge is 0.367 e. The molecule has 7 nitrogen and oxygen atoms in total. The van der Waals surface area contributed by atoms with Crippen LogP contribution in [-0.4, -0.2) is 9.85 Å². The number of dihydropyridines is 1. The summed E-state index contributed by atoms with van der Waals surface area (Å²) in [6, 6.07) is 2.97. The molecule has 10 heteroatoms. The van der Waals surface area contributed by atoms with Gasteiger partial charge in [0.1, 0.15) is 11.6 Å².